The van der Waals surface area contributed by atoms with Crippen LogP contribution in [0, 0.1) is 27.7 Å². The Bertz CT molecular complexity index is 1250. The molecule has 0 amide bonds. The van der Waals surface area contributed by atoms with E-state index in [1.54, 1.807) is 0 Å². The van der Waals surface area contributed by atoms with Crippen molar-refractivity contribution in [2.75, 3.05) is 36.0 Å². The van der Waals surface area contributed by atoms with E-state index in [4.69, 9.17) is 10.1 Å². The number of aromatic nitrogens is 3. The van der Waals surface area contributed by atoms with E-state index in [9.17, 15) is 0 Å². The SMILES string of the molecule is Cc1ccc(C)c(N2CCN(c3nccn4nc(-c5ccc(C)c(C)c5)cc34)CC2)c1. The third-order valence-corrected chi connectivity index (χ3v) is 6.46. The zero-order valence-corrected chi connectivity index (χ0v) is 18.8. The second kappa shape index (κ2) is 7.73. The summed E-state index contributed by atoms with van der Waals surface area (Å²) in [7, 11) is 0. The molecule has 0 unspecified atom stereocenters. The number of benzene rings is 2. The van der Waals surface area contributed by atoms with Crippen LogP contribution < -0.4 is 9.80 Å². The van der Waals surface area contributed by atoms with Gasteiger partial charge in [0, 0.05) is 49.8 Å². The van der Waals surface area contributed by atoms with Crippen LogP contribution in [0.3, 0.4) is 0 Å². The first-order chi connectivity index (χ1) is 15.0. The number of nitrogens with zero attached hydrogens (tertiary/aromatic N) is 5. The van der Waals surface area contributed by atoms with E-state index in [2.05, 4.69) is 80.0 Å². The summed E-state index contributed by atoms with van der Waals surface area (Å²) in [6, 6.07) is 15.4. The highest BCUT2D eigenvalue weighted by Gasteiger charge is 2.22. The van der Waals surface area contributed by atoms with Gasteiger partial charge in [0.1, 0.15) is 5.52 Å². The average molecular weight is 412 g/mol. The van der Waals surface area contributed by atoms with Crippen LogP contribution in [0.15, 0.2) is 54.9 Å². The molecular weight excluding hydrogens is 382 g/mol. The van der Waals surface area contributed by atoms with Crippen molar-refractivity contribution in [3.8, 4) is 11.3 Å². The Hall–Kier alpha value is -3.34. The molecule has 0 N–H and O–H groups in total. The summed E-state index contributed by atoms with van der Waals surface area (Å²) in [6.07, 6.45) is 3.80. The molecule has 1 aliphatic heterocycles. The van der Waals surface area contributed by atoms with Gasteiger partial charge in [-0.1, -0.05) is 24.3 Å². The number of hydrogen-bond acceptors (Lipinski definition) is 4. The molecule has 158 valence electrons. The van der Waals surface area contributed by atoms with Gasteiger partial charge in [0.2, 0.25) is 0 Å². The summed E-state index contributed by atoms with van der Waals surface area (Å²) in [6.45, 7) is 12.5. The minimum atomic E-state index is 0.949. The number of piperazine rings is 1. The molecule has 1 saturated heterocycles. The van der Waals surface area contributed by atoms with Gasteiger partial charge in [-0.15, -0.1) is 0 Å². The van der Waals surface area contributed by atoms with Crippen molar-refractivity contribution in [3.63, 3.8) is 0 Å². The fourth-order valence-corrected chi connectivity index (χ4v) is 4.41. The molecule has 5 rings (SSSR count). The van der Waals surface area contributed by atoms with E-state index in [0.29, 0.717) is 0 Å². The van der Waals surface area contributed by atoms with Gasteiger partial charge in [-0.3, -0.25) is 0 Å². The normalized spacial score (nSPS) is 14.5. The standard InChI is InChI=1S/C26H29N5/c1-18-5-6-20(3)24(15-18)29-11-13-30(14-12-29)26-25-17-23(28-31(25)10-9-27-26)22-8-7-19(2)21(4)16-22/h5-10,15-17H,11-14H2,1-4H3. The Balaban J connectivity index is 1.41. The molecule has 0 spiro atoms. The summed E-state index contributed by atoms with van der Waals surface area (Å²) in [4.78, 5) is 9.63. The van der Waals surface area contributed by atoms with Crippen LogP contribution >= 0.6 is 0 Å². The largest absolute Gasteiger partial charge is 0.368 e. The summed E-state index contributed by atoms with van der Waals surface area (Å²) in [5.41, 5.74) is 9.81. The highest BCUT2D eigenvalue weighted by atomic mass is 15.3. The van der Waals surface area contributed by atoms with Crippen molar-refractivity contribution >= 4 is 17.0 Å². The molecule has 1 fully saturated rings. The molecule has 0 atom stereocenters. The van der Waals surface area contributed by atoms with Gasteiger partial charge in [-0.2, -0.15) is 5.10 Å². The van der Waals surface area contributed by atoms with Gasteiger partial charge in [0.25, 0.3) is 0 Å². The van der Waals surface area contributed by atoms with Crippen LogP contribution in [0.5, 0.6) is 0 Å². The predicted octanol–water partition coefficient (Wildman–Crippen LogP) is 4.96. The Kier molecular flexibility index (Phi) is 4.89. The van der Waals surface area contributed by atoms with Gasteiger partial charge < -0.3 is 9.80 Å². The van der Waals surface area contributed by atoms with Crippen molar-refractivity contribution in [3.05, 3.63) is 77.1 Å². The first kappa shape index (κ1) is 19.6. The first-order valence-electron chi connectivity index (χ1n) is 11.0. The molecule has 5 heteroatoms. The summed E-state index contributed by atoms with van der Waals surface area (Å²) in [5, 5.41) is 4.83. The van der Waals surface area contributed by atoms with Crippen molar-refractivity contribution in [1.82, 2.24) is 14.6 Å². The molecule has 2 aromatic heterocycles. The maximum absolute atomic E-state index is 4.83. The molecule has 1 aliphatic rings. The van der Waals surface area contributed by atoms with Crippen LogP contribution in [-0.2, 0) is 0 Å². The van der Waals surface area contributed by atoms with E-state index < -0.39 is 0 Å². The maximum Gasteiger partial charge on any atom is 0.154 e. The van der Waals surface area contributed by atoms with Crippen LogP contribution in [0.2, 0.25) is 0 Å². The van der Waals surface area contributed by atoms with Gasteiger partial charge in [0.15, 0.2) is 5.82 Å². The summed E-state index contributed by atoms with van der Waals surface area (Å²) in [5.74, 6) is 1.02. The smallest absolute Gasteiger partial charge is 0.154 e. The van der Waals surface area contributed by atoms with Crippen LogP contribution in [0.1, 0.15) is 22.3 Å². The molecule has 3 heterocycles. The molecule has 0 bridgehead atoms. The number of fused-ring (bicyclic) bond motifs is 1. The molecule has 0 radical (unpaired) electrons. The van der Waals surface area contributed by atoms with E-state index in [1.807, 2.05) is 16.9 Å². The second-order valence-corrected chi connectivity index (χ2v) is 8.67. The third-order valence-electron chi connectivity index (χ3n) is 6.46. The van der Waals surface area contributed by atoms with Crippen molar-refractivity contribution < 1.29 is 0 Å². The Morgan fingerprint density at radius 1 is 0.742 bits per heavy atom. The Morgan fingerprint density at radius 3 is 2.26 bits per heavy atom. The van der Waals surface area contributed by atoms with E-state index in [-0.39, 0.29) is 0 Å². The van der Waals surface area contributed by atoms with Gasteiger partial charge in [0.05, 0.1) is 5.69 Å². The number of aryl methyl sites for hydroxylation is 4. The van der Waals surface area contributed by atoms with Gasteiger partial charge in [-0.25, -0.2) is 9.50 Å². The lowest BCUT2D eigenvalue weighted by Crippen LogP contribution is -2.47. The summed E-state index contributed by atoms with van der Waals surface area (Å²) >= 11 is 0. The van der Waals surface area contributed by atoms with Crippen molar-refractivity contribution in [1.29, 1.82) is 0 Å². The average Bonchev–Trinajstić information content (AvgIpc) is 3.22. The van der Waals surface area contributed by atoms with E-state index in [0.717, 1.165) is 48.8 Å². The molecular formula is C26H29N5. The second-order valence-electron chi connectivity index (χ2n) is 8.67. The number of rotatable bonds is 3. The number of hydrogen-bond donors (Lipinski definition) is 0. The van der Waals surface area contributed by atoms with Gasteiger partial charge >= 0.3 is 0 Å². The van der Waals surface area contributed by atoms with Crippen molar-refractivity contribution in [2.45, 2.75) is 27.7 Å². The van der Waals surface area contributed by atoms with E-state index >= 15 is 0 Å². The van der Waals surface area contributed by atoms with E-state index in [1.165, 1.54) is 27.9 Å². The molecule has 31 heavy (non-hydrogen) atoms. The lowest BCUT2D eigenvalue weighted by Gasteiger charge is -2.37. The minimum Gasteiger partial charge on any atom is -0.368 e. The van der Waals surface area contributed by atoms with Crippen LogP contribution in [-0.4, -0.2) is 40.8 Å². The highest BCUT2D eigenvalue weighted by Crippen LogP contribution is 2.28. The highest BCUT2D eigenvalue weighted by molar-refractivity contribution is 5.76. The quantitative estimate of drug-likeness (QED) is 0.478. The van der Waals surface area contributed by atoms with Crippen LogP contribution in [0.25, 0.3) is 16.8 Å². The lowest BCUT2D eigenvalue weighted by molar-refractivity contribution is 0.646. The fraction of sp³-hybridized carbons (Fsp3) is 0.308. The third kappa shape index (κ3) is 3.65. The fourth-order valence-electron chi connectivity index (χ4n) is 4.41. The van der Waals surface area contributed by atoms with Gasteiger partial charge in [-0.05, 0) is 68.1 Å². The Morgan fingerprint density at radius 2 is 1.48 bits per heavy atom. The molecule has 2 aromatic carbocycles. The molecule has 4 aromatic rings. The topological polar surface area (TPSA) is 36.7 Å². The first-order valence-corrected chi connectivity index (χ1v) is 11.0. The predicted molar refractivity (Wildman–Crippen MR) is 128 cm³/mol. The van der Waals surface area contributed by atoms with Crippen LogP contribution in [0.4, 0.5) is 11.5 Å². The zero-order chi connectivity index (χ0) is 21.5. The zero-order valence-electron chi connectivity index (χ0n) is 18.8. The van der Waals surface area contributed by atoms with Crippen molar-refractivity contribution in [2.24, 2.45) is 0 Å². The number of anilines is 2. The maximum atomic E-state index is 4.83. The lowest BCUT2D eigenvalue weighted by atomic mass is 10.0. The Labute approximate surface area is 184 Å². The summed E-state index contributed by atoms with van der Waals surface area (Å²) < 4.78 is 1.96. The molecule has 0 saturated carbocycles. The minimum absolute atomic E-state index is 0.949. The molecule has 5 nitrogen and oxygen atoms in total. The monoisotopic (exact) mass is 411 g/mol. The molecule has 0 aliphatic carbocycles.